The van der Waals surface area contributed by atoms with Crippen LogP contribution < -0.4 is 15.4 Å². The molecule has 2 saturated heterocycles. The number of thioether (sulfide) groups is 1. The van der Waals surface area contributed by atoms with Gasteiger partial charge in [0.15, 0.2) is 0 Å². The summed E-state index contributed by atoms with van der Waals surface area (Å²) in [6.07, 6.45) is 2.96. The Hall–Kier alpha value is -2.62. The maximum absolute atomic E-state index is 13.1. The number of nitrogens with one attached hydrogen (secondary N) is 2. The molecule has 164 valence electrons. The molecule has 4 atom stereocenters. The van der Waals surface area contributed by atoms with Gasteiger partial charge in [0.2, 0.25) is 5.91 Å². The lowest BCUT2D eigenvalue weighted by Crippen LogP contribution is -2.72. The van der Waals surface area contributed by atoms with Gasteiger partial charge in [0.1, 0.15) is 5.75 Å². The quantitative estimate of drug-likeness (QED) is 0.712. The molecule has 0 radical (unpaired) electrons. The van der Waals surface area contributed by atoms with E-state index in [1.54, 1.807) is 37.0 Å². The lowest BCUT2D eigenvalue weighted by molar-refractivity contribution is -0.140. The molecule has 0 spiro atoms. The van der Waals surface area contributed by atoms with Crippen LogP contribution in [0, 0.1) is 5.92 Å². The van der Waals surface area contributed by atoms with Gasteiger partial charge in [-0.25, -0.2) is 4.79 Å². The Kier molecular flexibility index (Phi) is 6.45. The van der Waals surface area contributed by atoms with Crippen molar-refractivity contribution < 1.29 is 14.3 Å². The largest absolute Gasteiger partial charge is 0.494 e. The molecular formula is C22H27N5O3S. The third-order valence-corrected chi connectivity index (χ3v) is 6.92. The minimum absolute atomic E-state index is 0.179. The van der Waals surface area contributed by atoms with Crippen molar-refractivity contribution in [1.29, 1.82) is 0 Å². The van der Waals surface area contributed by atoms with E-state index in [-0.39, 0.29) is 23.5 Å². The number of benzene rings is 1. The molecule has 2 aliphatic rings. The Bertz CT molecular complexity index is 927. The summed E-state index contributed by atoms with van der Waals surface area (Å²) in [6, 6.07) is 11.5. The van der Waals surface area contributed by atoms with E-state index in [4.69, 9.17) is 4.74 Å². The van der Waals surface area contributed by atoms with Crippen LogP contribution in [0.4, 0.5) is 4.79 Å². The third-order valence-electron chi connectivity index (χ3n) is 5.63. The maximum Gasteiger partial charge on any atom is 0.327 e. The predicted molar refractivity (Wildman–Crippen MR) is 119 cm³/mol. The van der Waals surface area contributed by atoms with Crippen LogP contribution >= 0.6 is 11.8 Å². The molecule has 4 unspecified atom stereocenters. The summed E-state index contributed by atoms with van der Waals surface area (Å²) in [5, 5.41) is 6.86. The second-order valence-electron chi connectivity index (χ2n) is 7.62. The second-order valence-corrected chi connectivity index (χ2v) is 8.75. The van der Waals surface area contributed by atoms with E-state index in [9.17, 15) is 9.59 Å². The van der Waals surface area contributed by atoms with Crippen LogP contribution in [0.25, 0.3) is 0 Å². The first-order valence-electron chi connectivity index (χ1n) is 10.3. The topological polar surface area (TPSA) is 86.8 Å². The van der Waals surface area contributed by atoms with Gasteiger partial charge in [-0.3, -0.25) is 25.3 Å². The third kappa shape index (κ3) is 4.39. The Morgan fingerprint density at radius 1 is 1.13 bits per heavy atom. The fourth-order valence-corrected chi connectivity index (χ4v) is 5.23. The van der Waals surface area contributed by atoms with Crippen molar-refractivity contribution in [2.45, 2.75) is 30.4 Å². The number of aromatic nitrogens is 1. The molecule has 4 rings (SSSR count). The molecule has 8 nitrogen and oxygen atoms in total. The first-order chi connectivity index (χ1) is 15.0. The molecule has 2 aromatic rings. The zero-order chi connectivity index (χ0) is 22.0. The number of pyridine rings is 1. The first-order valence-corrected chi connectivity index (χ1v) is 11.3. The standard InChI is InChI=1S/C22H27N5O3S/c1-4-30-16-9-7-15(8-10-16)18-24-19-17(21(28)27(3)22(29)26(19)2)20(25-18)31-13-14-6-5-11-23-12-14/h5-12,17-20,24-25H,4,13H2,1-3H3. The number of fused-ring (bicyclic) bond motifs is 1. The molecular weight excluding hydrogens is 414 g/mol. The van der Waals surface area contributed by atoms with Gasteiger partial charge in [0, 0.05) is 32.2 Å². The molecule has 1 aromatic heterocycles. The minimum atomic E-state index is -0.409. The number of rotatable bonds is 6. The SMILES string of the molecule is CCOc1ccc(C2NC(SCc3cccnc3)C3C(=O)N(C)C(=O)N(C)C3N2)cc1. The summed E-state index contributed by atoms with van der Waals surface area (Å²) in [6.45, 7) is 2.56. The lowest BCUT2D eigenvalue weighted by atomic mass is 9.96. The smallest absolute Gasteiger partial charge is 0.327 e. The van der Waals surface area contributed by atoms with E-state index in [1.165, 1.54) is 4.90 Å². The molecule has 1 aromatic carbocycles. The number of carbonyl (C=O) groups is 2. The number of nitrogens with zero attached hydrogens (tertiary/aromatic N) is 3. The van der Waals surface area contributed by atoms with Crippen molar-refractivity contribution in [2.75, 3.05) is 20.7 Å². The van der Waals surface area contributed by atoms with Crippen LogP contribution in [0.5, 0.6) is 5.75 Å². The van der Waals surface area contributed by atoms with Crippen LogP contribution in [0.15, 0.2) is 48.8 Å². The molecule has 3 heterocycles. The van der Waals surface area contributed by atoms with Crippen molar-refractivity contribution >= 4 is 23.7 Å². The van der Waals surface area contributed by atoms with Gasteiger partial charge in [0.05, 0.1) is 30.2 Å². The maximum atomic E-state index is 13.1. The van der Waals surface area contributed by atoms with Gasteiger partial charge >= 0.3 is 6.03 Å². The summed E-state index contributed by atoms with van der Waals surface area (Å²) in [4.78, 5) is 32.6. The summed E-state index contributed by atoms with van der Waals surface area (Å²) >= 11 is 1.65. The Morgan fingerprint density at radius 3 is 2.58 bits per heavy atom. The highest BCUT2D eigenvalue weighted by atomic mass is 32.2. The summed E-state index contributed by atoms with van der Waals surface area (Å²) in [7, 11) is 3.28. The number of urea groups is 1. The minimum Gasteiger partial charge on any atom is -0.494 e. The highest BCUT2D eigenvalue weighted by Gasteiger charge is 2.50. The van der Waals surface area contributed by atoms with Gasteiger partial charge in [-0.2, -0.15) is 0 Å². The zero-order valence-electron chi connectivity index (χ0n) is 17.8. The fraction of sp³-hybridized carbons (Fsp3) is 0.409. The predicted octanol–water partition coefficient (Wildman–Crippen LogP) is 2.40. The van der Waals surface area contributed by atoms with Crippen molar-refractivity contribution in [2.24, 2.45) is 5.92 Å². The van der Waals surface area contributed by atoms with Crippen molar-refractivity contribution in [3.63, 3.8) is 0 Å². The fourth-order valence-electron chi connectivity index (χ4n) is 3.98. The number of hydrogen-bond acceptors (Lipinski definition) is 7. The summed E-state index contributed by atoms with van der Waals surface area (Å²) < 4.78 is 5.55. The number of carbonyl (C=O) groups excluding carboxylic acids is 2. The number of amides is 3. The normalized spacial score (nSPS) is 26.0. The van der Waals surface area contributed by atoms with Crippen LogP contribution in [-0.4, -0.2) is 59.0 Å². The van der Waals surface area contributed by atoms with E-state index >= 15 is 0 Å². The van der Waals surface area contributed by atoms with Crippen LogP contribution in [-0.2, 0) is 10.5 Å². The van der Waals surface area contributed by atoms with E-state index in [0.717, 1.165) is 16.9 Å². The first kappa shape index (κ1) is 21.6. The molecule has 0 saturated carbocycles. The number of imide groups is 1. The summed E-state index contributed by atoms with van der Waals surface area (Å²) in [5.74, 6) is 0.929. The average Bonchev–Trinajstić information content (AvgIpc) is 2.81. The van der Waals surface area contributed by atoms with Gasteiger partial charge < -0.3 is 9.64 Å². The molecule has 31 heavy (non-hydrogen) atoms. The van der Waals surface area contributed by atoms with Crippen molar-refractivity contribution in [3.8, 4) is 5.75 Å². The second kappa shape index (κ2) is 9.25. The Balaban J connectivity index is 1.59. The van der Waals surface area contributed by atoms with Gasteiger partial charge in [-0.15, -0.1) is 11.8 Å². The molecule has 0 bridgehead atoms. The average molecular weight is 442 g/mol. The zero-order valence-corrected chi connectivity index (χ0v) is 18.6. The lowest BCUT2D eigenvalue weighted by Gasteiger charge is -2.50. The van der Waals surface area contributed by atoms with E-state index in [0.29, 0.717) is 12.4 Å². The van der Waals surface area contributed by atoms with Gasteiger partial charge in [0.25, 0.3) is 0 Å². The monoisotopic (exact) mass is 441 g/mol. The Labute approximate surface area is 186 Å². The Morgan fingerprint density at radius 2 is 1.90 bits per heavy atom. The summed E-state index contributed by atoms with van der Waals surface area (Å²) in [5.41, 5.74) is 2.10. The van der Waals surface area contributed by atoms with E-state index in [2.05, 4.69) is 15.6 Å². The molecule has 0 aliphatic carbocycles. The van der Waals surface area contributed by atoms with Gasteiger partial charge in [-0.1, -0.05) is 18.2 Å². The van der Waals surface area contributed by atoms with E-state index in [1.807, 2.05) is 49.5 Å². The molecule has 3 amide bonds. The molecule has 2 fully saturated rings. The number of ether oxygens (including phenoxy) is 1. The van der Waals surface area contributed by atoms with Crippen LogP contribution in [0.1, 0.15) is 24.2 Å². The highest BCUT2D eigenvalue weighted by molar-refractivity contribution is 7.99. The van der Waals surface area contributed by atoms with E-state index < -0.39 is 12.1 Å². The molecule has 2 N–H and O–H groups in total. The van der Waals surface area contributed by atoms with Crippen LogP contribution in [0.3, 0.4) is 0 Å². The number of hydrogen-bond donors (Lipinski definition) is 2. The van der Waals surface area contributed by atoms with Crippen molar-refractivity contribution in [1.82, 2.24) is 25.4 Å². The highest BCUT2D eigenvalue weighted by Crippen LogP contribution is 2.35. The van der Waals surface area contributed by atoms with Gasteiger partial charge in [-0.05, 0) is 36.2 Å². The van der Waals surface area contributed by atoms with Crippen molar-refractivity contribution in [3.05, 3.63) is 59.9 Å². The van der Waals surface area contributed by atoms with Crippen LogP contribution in [0.2, 0.25) is 0 Å². The molecule has 2 aliphatic heterocycles. The molecule has 9 heteroatoms.